The van der Waals surface area contributed by atoms with Gasteiger partial charge in [-0.15, -0.1) is 0 Å². The van der Waals surface area contributed by atoms with E-state index in [1.165, 1.54) is 17.1 Å². The standard InChI is InChI=1S/C11H12ClN3S2/c1-2-13-6-8-3-4-10(9(12)5-8)16-11-14-7-15-17-11/h3-5,7,13H,2,6H2,1H3. The largest absolute Gasteiger partial charge is 0.313 e. The molecule has 0 amide bonds. The maximum absolute atomic E-state index is 6.23. The fraction of sp³-hybridized carbons (Fsp3) is 0.273. The molecule has 3 nitrogen and oxygen atoms in total. The van der Waals surface area contributed by atoms with Crippen molar-refractivity contribution in [3.8, 4) is 0 Å². The lowest BCUT2D eigenvalue weighted by Gasteiger charge is -2.05. The van der Waals surface area contributed by atoms with E-state index in [1.54, 1.807) is 18.1 Å². The average molecular weight is 286 g/mol. The molecule has 6 heteroatoms. The fourth-order valence-electron chi connectivity index (χ4n) is 1.31. The molecule has 0 bridgehead atoms. The van der Waals surface area contributed by atoms with Gasteiger partial charge in [0.15, 0.2) is 4.34 Å². The molecule has 0 saturated heterocycles. The van der Waals surface area contributed by atoms with Gasteiger partial charge in [-0.3, -0.25) is 0 Å². The Bertz CT molecular complexity index is 474. The smallest absolute Gasteiger partial charge is 0.174 e. The van der Waals surface area contributed by atoms with Crippen LogP contribution in [-0.4, -0.2) is 15.9 Å². The first kappa shape index (κ1) is 12.8. The molecule has 0 fully saturated rings. The fourth-order valence-corrected chi connectivity index (χ4v) is 3.03. The molecule has 1 aromatic carbocycles. The second-order valence-corrected chi connectivity index (χ2v) is 5.83. The van der Waals surface area contributed by atoms with E-state index in [0.29, 0.717) is 0 Å². The molecule has 0 unspecified atom stereocenters. The van der Waals surface area contributed by atoms with Crippen LogP contribution in [0.1, 0.15) is 12.5 Å². The number of benzene rings is 1. The van der Waals surface area contributed by atoms with Crippen LogP contribution in [0.4, 0.5) is 0 Å². The summed E-state index contributed by atoms with van der Waals surface area (Å²) < 4.78 is 4.87. The number of nitrogens with one attached hydrogen (secondary N) is 1. The Morgan fingerprint density at radius 2 is 2.35 bits per heavy atom. The number of halogens is 1. The third-order valence-corrected chi connectivity index (χ3v) is 4.33. The summed E-state index contributed by atoms with van der Waals surface area (Å²) in [6.07, 6.45) is 1.56. The molecule has 2 rings (SSSR count). The van der Waals surface area contributed by atoms with Crippen molar-refractivity contribution in [2.24, 2.45) is 0 Å². The number of rotatable bonds is 5. The highest BCUT2D eigenvalue weighted by Crippen LogP contribution is 2.34. The van der Waals surface area contributed by atoms with Crippen LogP contribution in [0.2, 0.25) is 5.02 Å². The molecule has 0 aliphatic heterocycles. The van der Waals surface area contributed by atoms with Gasteiger partial charge in [0.25, 0.3) is 0 Å². The van der Waals surface area contributed by atoms with Crippen LogP contribution in [0.5, 0.6) is 0 Å². The molecular formula is C11H12ClN3S2. The Morgan fingerprint density at radius 3 is 3.00 bits per heavy atom. The minimum absolute atomic E-state index is 0.764. The third-order valence-electron chi connectivity index (χ3n) is 2.11. The van der Waals surface area contributed by atoms with Crippen LogP contribution in [-0.2, 0) is 6.54 Å². The minimum Gasteiger partial charge on any atom is -0.313 e. The Kier molecular flexibility index (Phi) is 4.79. The topological polar surface area (TPSA) is 37.8 Å². The molecule has 0 aliphatic rings. The summed E-state index contributed by atoms with van der Waals surface area (Å²) in [5.41, 5.74) is 1.19. The third kappa shape index (κ3) is 3.67. The van der Waals surface area contributed by atoms with Crippen molar-refractivity contribution in [1.29, 1.82) is 0 Å². The summed E-state index contributed by atoms with van der Waals surface area (Å²) >= 11 is 9.15. The highest BCUT2D eigenvalue weighted by molar-refractivity contribution is 8.01. The van der Waals surface area contributed by atoms with Gasteiger partial charge in [-0.25, -0.2) is 4.98 Å². The summed E-state index contributed by atoms with van der Waals surface area (Å²) in [5, 5.41) is 4.04. The SMILES string of the molecule is CCNCc1ccc(Sc2ncns2)c(Cl)c1. The van der Waals surface area contributed by atoms with Crippen LogP contribution < -0.4 is 5.32 Å². The molecule has 17 heavy (non-hydrogen) atoms. The van der Waals surface area contributed by atoms with Gasteiger partial charge in [0, 0.05) is 11.4 Å². The molecule has 1 N–H and O–H groups in total. The van der Waals surface area contributed by atoms with Gasteiger partial charge >= 0.3 is 0 Å². The molecule has 2 aromatic rings. The van der Waals surface area contributed by atoms with Gasteiger partial charge in [0.1, 0.15) is 6.33 Å². The second kappa shape index (κ2) is 6.35. The molecule has 0 spiro atoms. The Balaban J connectivity index is 2.09. The monoisotopic (exact) mass is 285 g/mol. The highest BCUT2D eigenvalue weighted by atomic mass is 35.5. The van der Waals surface area contributed by atoms with Crippen molar-refractivity contribution in [3.63, 3.8) is 0 Å². The van der Waals surface area contributed by atoms with Crippen LogP contribution in [0.15, 0.2) is 33.8 Å². The van der Waals surface area contributed by atoms with Gasteiger partial charge in [-0.1, -0.05) is 36.4 Å². The molecule has 0 atom stereocenters. The van der Waals surface area contributed by atoms with Crippen molar-refractivity contribution in [2.45, 2.75) is 22.7 Å². The summed E-state index contributed by atoms with van der Waals surface area (Å²) in [5.74, 6) is 0. The molecule has 90 valence electrons. The van der Waals surface area contributed by atoms with Crippen molar-refractivity contribution in [3.05, 3.63) is 35.1 Å². The zero-order valence-corrected chi connectivity index (χ0v) is 11.7. The lowest BCUT2D eigenvalue weighted by molar-refractivity contribution is 0.726. The summed E-state index contributed by atoms with van der Waals surface area (Å²) in [7, 11) is 0. The Labute approximate surface area is 114 Å². The van der Waals surface area contributed by atoms with Crippen molar-refractivity contribution < 1.29 is 0 Å². The summed E-state index contributed by atoms with van der Waals surface area (Å²) in [6, 6.07) is 6.10. The average Bonchev–Trinajstić information content (AvgIpc) is 2.82. The first-order valence-electron chi connectivity index (χ1n) is 5.23. The number of hydrogen-bond donors (Lipinski definition) is 1. The summed E-state index contributed by atoms with van der Waals surface area (Å²) in [6.45, 7) is 3.89. The van der Waals surface area contributed by atoms with Gasteiger partial charge in [-0.05, 0) is 35.8 Å². The van der Waals surface area contributed by atoms with Crippen molar-refractivity contribution in [1.82, 2.24) is 14.7 Å². The lowest BCUT2D eigenvalue weighted by atomic mass is 10.2. The lowest BCUT2D eigenvalue weighted by Crippen LogP contribution is -2.11. The van der Waals surface area contributed by atoms with E-state index in [4.69, 9.17) is 11.6 Å². The molecule has 0 saturated carbocycles. The van der Waals surface area contributed by atoms with Gasteiger partial charge < -0.3 is 5.32 Å². The molecule has 0 radical (unpaired) electrons. The molecule has 1 aromatic heterocycles. The van der Waals surface area contributed by atoms with E-state index in [2.05, 4.69) is 27.7 Å². The molecule has 1 heterocycles. The molecular weight excluding hydrogens is 274 g/mol. The highest BCUT2D eigenvalue weighted by Gasteiger charge is 2.06. The first-order valence-corrected chi connectivity index (χ1v) is 7.20. The van der Waals surface area contributed by atoms with E-state index in [0.717, 1.165) is 27.3 Å². The van der Waals surface area contributed by atoms with E-state index in [-0.39, 0.29) is 0 Å². The number of hydrogen-bond acceptors (Lipinski definition) is 5. The maximum Gasteiger partial charge on any atom is 0.174 e. The number of nitrogens with zero attached hydrogens (tertiary/aromatic N) is 2. The predicted molar refractivity (Wildman–Crippen MR) is 72.9 cm³/mol. The van der Waals surface area contributed by atoms with Gasteiger partial charge in [-0.2, -0.15) is 4.37 Å². The maximum atomic E-state index is 6.23. The van der Waals surface area contributed by atoms with Crippen molar-refractivity contribution >= 4 is 34.9 Å². The molecule has 0 aliphatic carbocycles. The van der Waals surface area contributed by atoms with E-state index >= 15 is 0 Å². The Morgan fingerprint density at radius 1 is 1.47 bits per heavy atom. The van der Waals surface area contributed by atoms with E-state index < -0.39 is 0 Å². The first-order chi connectivity index (χ1) is 8.29. The Hall–Kier alpha value is -0.620. The summed E-state index contributed by atoms with van der Waals surface area (Å²) in [4.78, 5) is 5.14. The van der Waals surface area contributed by atoms with Crippen LogP contribution in [0.3, 0.4) is 0 Å². The van der Waals surface area contributed by atoms with E-state index in [1.807, 2.05) is 12.1 Å². The van der Waals surface area contributed by atoms with E-state index in [9.17, 15) is 0 Å². The van der Waals surface area contributed by atoms with Crippen LogP contribution >= 0.6 is 34.9 Å². The minimum atomic E-state index is 0.764. The van der Waals surface area contributed by atoms with Gasteiger partial charge in [0.05, 0.1) is 5.02 Å². The van der Waals surface area contributed by atoms with Gasteiger partial charge in [0.2, 0.25) is 0 Å². The quantitative estimate of drug-likeness (QED) is 0.913. The zero-order valence-electron chi connectivity index (χ0n) is 9.31. The number of aromatic nitrogens is 2. The zero-order chi connectivity index (χ0) is 12.1. The predicted octanol–water partition coefficient (Wildman–Crippen LogP) is 3.45. The van der Waals surface area contributed by atoms with Crippen molar-refractivity contribution in [2.75, 3.05) is 6.54 Å². The van der Waals surface area contributed by atoms with Crippen LogP contribution in [0.25, 0.3) is 0 Å². The van der Waals surface area contributed by atoms with Crippen LogP contribution in [0, 0.1) is 0 Å². The normalized spacial score (nSPS) is 10.7. The second-order valence-electron chi connectivity index (χ2n) is 3.35.